The fourth-order valence-corrected chi connectivity index (χ4v) is 2.70. The Labute approximate surface area is 143 Å². The average Bonchev–Trinajstić information content (AvgIpc) is 2.46. The summed E-state index contributed by atoms with van der Waals surface area (Å²) in [5.74, 6) is 0.0400. The average molecular weight is 366 g/mol. The standard InChI is InChI=1S/C15H19ClF3N3O2/c1-10(2)24-13(23)9-21-3-5-22(6-4-21)14-12(16)7-11(8-20-14)15(17,18)19/h7-8,10H,3-6,9H2,1-2H3. The number of esters is 1. The first-order chi connectivity index (χ1) is 11.2. The Bertz CT molecular complexity index is 588. The number of pyridine rings is 1. The van der Waals surface area contributed by atoms with Gasteiger partial charge in [-0.2, -0.15) is 13.2 Å². The molecule has 2 heterocycles. The molecule has 1 aromatic rings. The summed E-state index contributed by atoms with van der Waals surface area (Å²) in [4.78, 5) is 19.2. The first-order valence-corrected chi connectivity index (χ1v) is 7.94. The number of ether oxygens (including phenoxy) is 1. The van der Waals surface area contributed by atoms with Crippen LogP contribution in [0, 0.1) is 0 Å². The van der Waals surface area contributed by atoms with Crippen LogP contribution in [-0.2, 0) is 15.7 Å². The number of aromatic nitrogens is 1. The summed E-state index contributed by atoms with van der Waals surface area (Å²) < 4.78 is 43.0. The van der Waals surface area contributed by atoms with Gasteiger partial charge in [-0.3, -0.25) is 9.69 Å². The second-order valence-electron chi connectivity index (χ2n) is 5.83. The van der Waals surface area contributed by atoms with Crippen molar-refractivity contribution < 1.29 is 22.7 Å². The van der Waals surface area contributed by atoms with Gasteiger partial charge in [0.2, 0.25) is 0 Å². The van der Waals surface area contributed by atoms with Crippen molar-refractivity contribution in [3.63, 3.8) is 0 Å². The summed E-state index contributed by atoms with van der Waals surface area (Å²) in [5, 5.41) is -0.0301. The lowest BCUT2D eigenvalue weighted by Crippen LogP contribution is -2.48. The third kappa shape index (κ3) is 4.98. The minimum Gasteiger partial charge on any atom is -0.462 e. The van der Waals surface area contributed by atoms with Gasteiger partial charge in [-0.05, 0) is 19.9 Å². The van der Waals surface area contributed by atoms with E-state index in [2.05, 4.69) is 4.98 Å². The molecule has 24 heavy (non-hydrogen) atoms. The maximum Gasteiger partial charge on any atom is 0.417 e. The lowest BCUT2D eigenvalue weighted by molar-refractivity contribution is -0.148. The number of alkyl halides is 3. The Morgan fingerprint density at radius 3 is 2.46 bits per heavy atom. The molecule has 0 amide bonds. The van der Waals surface area contributed by atoms with E-state index in [1.54, 1.807) is 13.8 Å². The van der Waals surface area contributed by atoms with Crippen molar-refractivity contribution in [3.05, 3.63) is 22.8 Å². The lowest BCUT2D eigenvalue weighted by atomic mass is 10.2. The zero-order chi connectivity index (χ0) is 17.9. The van der Waals surface area contributed by atoms with Gasteiger partial charge in [0.25, 0.3) is 0 Å². The topological polar surface area (TPSA) is 45.7 Å². The van der Waals surface area contributed by atoms with Crippen LogP contribution >= 0.6 is 11.6 Å². The Morgan fingerprint density at radius 1 is 1.33 bits per heavy atom. The maximum absolute atomic E-state index is 12.6. The fraction of sp³-hybridized carbons (Fsp3) is 0.600. The number of rotatable bonds is 4. The maximum atomic E-state index is 12.6. The number of piperazine rings is 1. The molecule has 1 saturated heterocycles. The number of carbonyl (C=O) groups excluding carboxylic acids is 1. The lowest BCUT2D eigenvalue weighted by Gasteiger charge is -2.35. The SMILES string of the molecule is CC(C)OC(=O)CN1CCN(c2ncc(C(F)(F)F)cc2Cl)CC1. The third-order valence-corrected chi connectivity index (χ3v) is 3.82. The van der Waals surface area contributed by atoms with E-state index in [4.69, 9.17) is 16.3 Å². The fourth-order valence-electron chi connectivity index (χ4n) is 2.42. The Hall–Kier alpha value is -1.54. The normalized spacial score (nSPS) is 16.5. The van der Waals surface area contributed by atoms with Crippen LogP contribution in [0.5, 0.6) is 0 Å². The van der Waals surface area contributed by atoms with E-state index in [1.165, 1.54) is 0 Å². The summed E-state index contributed by atoms with van der Waals surface area (Å²) in [6.07, 6.45) is -3.84. The molecular formula is C15H19ClF3N3O2. The summed E-state index contributed by atoms with van der Waals surface area (Å²) in [5.41, 5.74) is -0.869. The monoisotopic (exact) mass is 365 g/mol. The van der Waals surface area contributed by atoms with E-state index in [1.807, 2.05) is 9.80 Å². The van der Waals surface area contributed by atoms with Crippen molar-refractivity contribution in [1.82, 2.24) is 9.88 Å². The zero-order valence-electron chi connectivity index (χ0n) is 13.4. The smallest absolute Gasteiger partial charge is 0.417 e. The molecule has 9 heteroatoms. The molecule has 1 aromatic heterocycles. The van der Waals surface area contributed by atoms with Gasteiger partial charge in [0.05, 0.1) is 23.2 Å². The van der Waals surface area contributed by atoms with Gasteiger partial charge in [-0.25, -0.2) is 4.98 Å². The predicted octanol–water partition coefficient (Wildman–Crippen LogP) is 2.83. The van der Waals surface area contributed by atoms with Crippen molar-refractivity contribution in [1.29, 1.82) is 0 Å². The minimum atomic E-state index is -4.47. The van der Waals surface area contributed by atoms with Crippen LogP contribution in [-0.4, -0.2) is 54.7 Å². The van der Waals surface area contributed by atoms with E-state index in [-0.39, 0.29) is 23.6 Å². The van der Waals surface area contributed by atoms with E-state index in [0.717, 1.165) is 12.3 Å². The Balaban J connectivity index is 1.94. The van der Waals surface area contributed by atoms with Crippen LogP contribution in [0.2, 0.25) is 5.02 Å². The van der Waals surface area contributed by atoms with E-state index in [0.29, 0.717) is 32.0 Å². The van der Waals surface area contributed by atoms with E-state index < -0.39 is 11.7 Å². The number of halogens is 4. The van der Waals surface area contributed by atoms with Crippen molar-refractivity contribution in [2.45, 2.75) is 26.1 Å². The molecule has 1 fully saturated rings. The summed E-state index contributed by atoms with van der Waals surface area (Å²) >= 11 is 5.95. The van der Waals surface area contributed by atoms with Gasteiger partial charge in [0.15, 0.2) is 0 Å². The number of hydrogen-bond donors (Lipinski definition) is 0. The first kappa shape index (κ1) is 18.8. The summed E-state index contributed by atoms with van der Waals surface area (Å²) in [6, 6.07) is 0.885. The van der Waals surface area contributed by atoms with Gasteiger partial charge < -0.3 is 9.64 Å². The van der Waals surface area contributed by atoms with Crippen molar-refractivity contribution in [3.8, 4) is 0 Å². The molecule has 0 aromatic carbocycles. The highest BCUT2D eigenvalue weighted by molar-refractivity contribution is 6.33. The molecule has 0 N–H and O–H groups in total. The highest BCUT2D eigenvalue weighted by Gasteiger charge is 2.32. The number of anilines is 1. The van der Waals surface area contributed by atoms with E-state index >= 15 is 0 Å². The molecule has 5 nitrogen and oxygen atoms in total. The Kier molecular flexibility index (Phi) is 5.92. The van der Waals surface area contributed by atoms with Gasteiger partial charge in [-0.15, -0.1) is 0 Å². The number of hydrogen-bond acceptors (Lipinski definition) is 5. The molecule has 0 aliphatic carbocycles. The van der Waals surface area contributed by atoms with E-state index in [9.17, 15) is 18.0 Å². The molecule has 134 valence electrons. The predicted molar refractivity (Wildman–Crippen MR) is 84.1 cm³/mol. The van der Waals surface area contributed by atoms with Crippen LogP contribution in [0.1, 0.15) is 19.4 Å². The quantitative estimate of drug-likeness (QED) is 0.768. The molecule has 0 spiro atoms. The largest absolute Gasteiger partial charge is 0.462 e. The van der Waals surface area contributed by atoms with Crippen LogP contribution in [0.3, 0.4) is 0 Å². The van der Waals surface area contributed by atoms with Crippen LogP contribution < -0.4 is 4.90 Å². The molecule has 1 aliphatic heterocycles. The van der Waals surface area contributed by atoms with Crippen molar-refractivity contribution in [2.24, 2.45) is 0 Å². The van der Waals surface area contributed by atoms with Gasteiger partial charge in [-0.1, -0.05) is 11.6 Å². The van der Waals surface area contributed by atoms with Crippen molar-refractivity contribution in [2.75, 3.05) is 37.6 Å². The number of nitrogens with zero attached hydrogens (tertiary/aromatic N) is 3. The molecular weight excluding hydrogens is 347 g/mol. The van der Waals surface area contributed by atoms with Crippen LogP contribution in [0.15, 0.2) is 12.3 Å². The summed E-state index contributed by atoms with van der Waals surface area (Å²) in [7, 11) is 0. The molecule has 0 unspecified atom stereocenters. The molecule has 1 aliphatic rings. The van der Waals surface area contributed by atoms with Crippen molar-refractivity contribution >= 4 is 23.4 Å². The van der Waals surface area contributed by atoms with Crippen LogP contribution in [0.4, 0.5) is 19.0 Å². The van der Waals surface area contributed by atoms with Gasteiger partial charge in [0.1, 0.15) is 5.82 Å². The second-order valence-corrected chi connectivity index (χ2v) is 6.24. The molecule has 0 bridgehead atoms. The van der Waals surface area contributed by atoms with Gasteiger partial charge >= 0.3 is 12.1 Å². The second kappa shape index (κ2) is 7.57. The Morgan fingerprint density at radius 2 is 1.96 bits per heavy atom. The highest BCUT2D eigenvalue weighted by Crippen LogP contribution is 2.33. The first-order valence-electron chi connectivity index (χ1n) is 7.56. The molecule has 2 rings (SSSR count). The van der Waals surface area contributed by atoms with Gasteiger partial charge in [0, 0.05) is 32.4 Å². The molecule has 0 saturated carbocycles. The molecule has 0 radical (unpaired) electrons. The zero-order valence-corrected chi connectivity index (χ0v) is 14.2. The highest BCUT2D eigenvalue weighted by atomic mass is 35.5. The third-order valence-electron chi connectivity index (χ3n) is 3.54. The summed E-state index contributed by atoms with van der Waals surface area (Å²) in [6.45, 7) is 5.96. The minimum absolute atomic E-state index is 0.0301. The van der Waals surface area contributed by atoms with Crippen LogP contribution in [0.25, 0.3) is 0 Å². The molecule has 0 atom stereocenters. The number of carbonyl (C=O) groups is 1.